The van der Waals surface area contributed by atoms with Gasteiger partial charge in [0.25, 0.3) is 5.91 Å². The first-order valence-corrected chi connectivity index (χ1v) is 9.90. The number of furan rings is 1. The summed E-state index contributed by atoms with van der Waals surface area (Å²) in [7, 11) is 5.80. The van der Waals surface area contributed by atoms with Crippen LogP contribution in [0, 0.1) is 0 Å². The summed E-state index contributed by atoms with van der Waals surface area (Å²) in [6.07, 6.45) is -0.234. The van der Waals surface area contributed by atoms with Crippen LogP contribution in [0.4, 0.5) is 0 Å². The molecule has 0 saturated carbocycles. The average Bonchev–Trinajstić information content (AvgIpc) is 3.02. The number of nitrogens with one attached hydrogen (secondary N) is 1. The van der Waals surface area contributed by atoms with E-state index in [9.17, 15) is 14.7 Å². The standard InChI is InChI=1S/C20H26N2O4S/c1-22(2,3)12-16(11-19(23)24)21-20(25)18-10-9-17(26-18)14-27-13-15-7-5-4-6-8-15/h4-10,16H,11-14H2,1-3H3,(H-,21,23,24,25)/t16-/m1/s1. The van der Waals surface area contributed by atoms with Crippen LogP contribution in [-0.4, -0.2) is 50.1 Å². The van der Waals surface area contributed by atoms with Crippen LogP contribution in [0.1, 0.15) is 28.3 Å². The van der Waals surface area contributed by atoms with E-state index >= 15 is 0 Å². The maximum atomic E-state index is 12.4. The van der Waals surface area contributed by atoms with Gasteiger partial charge < -0.3 is 24.1 Å². The molecule has 0 radical (unpaired) electrons. The van der Waals surface area contributed by atoms with Crippen LogP contribution in [0.3, 0.4) is 0 Å². The van der Waals surface area contributed by atoms with Gasteiger partial charge in [-0.1, -0.05) is 30.3 Å². The molecule has 1 aromatic carbocycles. The molecule has 0 spiro atoms. The van der Waals surface area contributed by atoms with Gasteiger partial charge in [-0.05, 0) is 17.7 Å². The average molecular weight is 391 g/mol. The molecule has 2 aromatic rings. The number of carboxylic acids is 1. The minimum absolute atomic E-state index is 0.190. The maximum Gasteiger partial charge on any atom is 0.287 e. The summed E-state index contributed by atoms with van der Waals surface area (Å²) in [4.78, 5) is 23.4. The molecule has 0 aliphatic carbocycles. The Morgan fingerprint density at radius 2 is 1.81 bits per heavy atom. The highest BCUT2D eigenvalue weighted by Crippen LogP contribution is 2.19. The van der Waals surface area contributed by atoms with Gasteiger partial charge in [0.05, 0.1) is 39.5 Å². The van der Waals surface area contributed by atoms with Crippen molar-refractivity contribution in [2.24, 2.45) is 0 Å². The summed E-state index contributed by atoms with van der Waals surface area (Å²) >= 11 is 1.70. The van der Waals surface area contributed by atoms with Gasteiger partial charge in [-0.25, -0.2) is 0 Å². The van der Waals surface area contributed by atoms with Crippen LogP contribution in [0.5, 0.6) is 0 Å². The van der Waals surface area contributed by atoms with Crippen LogP contribution >= 0.6 is 11.8 Å². The van der Waals surface area contributed by atoms with E-state index in [1.807, 2.05) is 39.3 Å². The predicted molar refractivity (Wildman–Crippen MR) is 104 cm³/mol. The number of carbonyl (C=O) groups is 2. The monoisotopic (exact) mass is 390 g/mol. The Morgan fingerprint density at radius 3 is 2.44 bits per heavy atom. The lowest BCUT2D eigenvalue weighted by Crippen LogP contribution is -2.50. The molecule has 146 valence electrons. The highest BCUT2D eigenvalue weighted by Gasteiger charge is 2.22. The molecule has 0 fully saturated rings. The highest BCUT2D eigenvalue weighted by molar-refractivity contribution is 7.97. The van der Waals surface area contributed by atoms with Gasteiger partial charge in [-0.3, -0.25) is 4.79 Å². The lowest BCUT2D eigenvalue weighted by molar-refractivity contribution is -0.871. The van der Waals surface area contributed by atoms with E-state index in [1.54, 1.807) is 23.9 Å². The van der Waals surface area contributed by atoms with Crippen molar-refractivity contribution in [2.75, 3.05) is 27.7 Å². The van der Waals surface area contributed by atoms with Crippen LogP contribution in [0.15, 0.2) is 46.9 Å². The molecule has 0 unspecified atom stereocenters. The van der Waals surface area contributed by atoms with Crippen molar-refractivity contribution >= 4 is 23.6 Å². The Labute approximate surface area is 164 Å². The minimum atomic E-state index is -1.19. The number of aliphatic carboxylic acids is 1. The number of hydrogen-bond donors (Lipinski definition) is 1. The molecule has 0 aliphatic rings. The Kier molecular flexibility index (Phi) is 7.50. The number of hydrogen-bond acceptors (Lipinski definition) is 5. The lowest BCUT2D eigenvalue weighted by atomic mass is 10.2. The number of likely N-dealkylation sites (N-methyl/N-ethyl adjacent to an activating group) is 1. The maximum absolute atomic E-state index is 12.4. The number of amides is 1. The van der Waals surface area contributed by atoms with Crippen molar-refractivity contribution in [3.05, 3.63) is 59.5 Å². The molecule has 1 amide bonds. The molecule has 0 aliphatic heterocycles. The van der Waals surface area contributed by atoms with Crippen molar-refractivity contribution in [3.63, 3.8) is 0 Å². The van der Waals surface area contributed by atoms with Crippen molar-refractivity contribution in [1.29, 1.82) is 0 Å². The number of thioether (sulfide) groups is 1. The molecular formula is C20H26N2O4S. The van der Waals surface area contributed by atoms with Gasteiger partial charge in [0, 0.05) is 18.1 Å². The molecular weight excluding hydrogens is 364 g/mol. The van der Waals surface area contributed by atoms with Crippen LogP contribution < -0.4 is 10.4 Å². The number of nitrogens with zero attached hydrogens (tertiary/aromatic N) is 1. The molecule has 1 aromatic heterocycles. The van der Waals surface area contributed by atoms with Gasteiger partial charge in [0.1, 0.15) is 5.76 Å². The van der Waals surface area contributed by atoms with Crippen molar-refractivity contribution in [1.82, 2.24) is 5.32 Å². The van der Waals surface area contributed by atoms with E-state index in [0.717, 1.165) is 5.75 Å². The molecule has 1 atom stereocenters. The molecule has 6 nitrogen and oxygen atoms in total. The predicted octanol–water partition coefficient (Wildman–Crippen LogP) is 1.66. The third kappa shape index (κ3) is 7.88. The molecule has 1 heterocycles. The Morgan fingerprint density at radius 1 is 1.11 bits per heavy atom. The SMILES string of the molecule is C[N+](C)(C)C[C@@H](CC(=O)[O-])NC(=O)c1ccc(CSCc2ccccc2)o1. The summed E-state index contributed by atoms with van der Waals surface area (Å²) in [6, 6.07) is 13.0. The Balaban J connectivity index is 1.89. The largest absolute Gasteiger partial charge is 0.550 e. The van der Waals surface area contributed by atoms with Gasteiger partial charge in [0.2, 0.25) is 0 Å². The van der Waals surface area contributed by atoms with E-state index in [0.29, 0.717) is 22.5 Å². The fourth-order valence-corrected chi connectivity index (χ4v) is 3.59. The summed E-state index contributed by atoms with van der Waals surface area (Å²) in [5.41, 5.74) is 1.23. The first-order valence-electron chi connectivity index (χ1n) is 8.74. The second-order valence-electron chi connectivity index (χ2n) is 7.46. The normalized spacial score (nSPS) is 12.6. The van der Waals surface area contributed by atoms with E-state index in [1.165, 1.54) is 5.56 Å². The van der Waals surface area contributed by atoms with Gasteiger partial charge in [-0.15, -0.1) is 11.8 Å². The van der Waals surface area contributed by atoms with Crippen molar-refractivity contribution < 1.29 is 23.6 Å². The van der Waals surface area contributed by atoms with Gasteiger partial charge in [-0.2, -0.15) is 0 Å². The zero-order valence-corrected chi connectivity index (χ0v) is 16.8. The lowest BCUT2D eigenvalue weighted by Gasteiger charge is -2.29. The molecule has 0 saturated heterocycles. The molecule has 7 heteroatoms. The van der Waals surface area contributed by atoms with Gasteiger partial charge in [0.15, 0.2) is 5.76 Å². The zero-order chi connectivity index (χ0) is 19.9. The third-order valence-corrected chi connectivity index (χ3v) is 4.78. The summed E-state index contributed by atoms with van der Waals surface area (Å²) in [5, 5.41) is 13.7. The first kappa shape index (κ1) is 21.1. The molecule has 27 heavy (non-hydrogen) atoms. The Hall–Kier alpha value is -2.25. The number of benzene rings is 1. The van der Waals surface area contributed by atoms with Crippen molar-refractivity contribution in [2.45, 2.75) is 24.0 Å². The second kappa shape index (κ2) is 9.62. The zero-order valence-electron chi connectivity index (χ0n) is 15.9. The fourth-order valence-electron chi connectivity index (χ4n) is 2.70. The van der Waals surface area contributed by atoms with Crippen molar-refractivity contribution in [3.8, 4) is 0 Å². The molecule has 1 N–H and O–H groups in total. The fraction of sp³-hybridized carbons (Fsp3) is 0.400. The summed E-state index contributed by atoms with van der Waals surface area (Å²) in [5.74, 6) is 0.823. The van der Waals surface area contributed by atoms with E-state index in [-0.39, 0.29) is 12.2 Å². The van der Waals surface area contributed by atoms with Crippen LogP contribution in [-0.2, 0) is 16.3 Å². The first-order chi connectivity index (χ1) is 12.7. The molecule has 0 bridgehead atoms. The third-order valence-electron chi connectivity index (χ3n) is 3.76. The van der Waals surface area contributed by atoms with E-state index < -0.39 is 17.9 Å². The highest BCUT2D eigenvalue weighted by atomic mass is 32.2. The quantitative estimate of drug-likeness (QED) is 0.624. The number of carboxylic acid groups (broad SMARTS) is 1. The minimum Gasteiger partial charge on any atom is -0.550 e. The topological polar surface area (TPSA) is 82.4 Å². The van der Waals surface area contributed by atoms with Gasteiger partial charge >= 0.3 is 0 Å². The second-order valence-corrected chi connectivity index (χ2v) is 8.45. The number of quaternary nitrogens is 1. The summed E-state index contributed by atoms with van der Waals surface area (Å²) < 4.78 is 6.14. The van der Waals surface area contributed by atoms with E-state index in [4.69, 9.17) is 4.42 Å². The number of carbonyl (C=O) groups excluding carboxylic acids is 2. The van der Waals surface area contributed by atoms with Crippen LogP contribution in [0.2, 0.25) is 0 Å². The summed E-state index contributed by atoms with van der Waals surface area (Å²) in [6.45, 7) is 0.472. The van der Waals surface area contributed by atoms with Crippen LogP contribution in [0.25, 0.3) is 0 Å². The Bertz CT molecular complexity index is 753. The van der Waals surface area contributed by atoms with E-state index in [2.05, 4.69) is 17.4 Å². The number of rotatable bonds is 10. The smallest absolute Gasteiger partial charge is 0.287 e. The molecule has 2 rings (SSSR count).